The Kier molecular flexibility index (Phi) is 6.63. The highest BCUT2D eigenvalue weighted by Crippen LogP contribution is 2.23. The Bertz CT molecular complexity index is 1330. The van der Waals surface area contributed by atoms with E-state index in [-0.39, 0.29) is 17.2 Å². The quantitative estimate of drug-likeness (QED) is 0.286. The van der Waals surface area contributed by atoms with E-state index in [1.54, 1.807) is 41.0 Å². The molecule has 0 aliphatic heterocycles. The Hall–Kier alpha value is -3.09. The van der Waals surface area contributed by atoms with Gasteiger partial charge in [-0.15, -0.1) is 0 Å². The molecule has 1 aromatic heterocycles. The van der Waals surface area contributed by atoms with Crippen molar-refractivity contribution in [3.8, 4) is 5.69 Å². The van der Waals surface area contributed by atoms with Crippen molar-refractivity contribution < 1.29 is 4.79 Å². The summed E-state index contributed by atoms with van der Waals surface area (Å²) in [7, 11) is 0. The molecule has 0 atom stereocenters. The number of amides is 1. The first-order chi connectivity index (χ1) is 15.4. The number of para-hydroxylation sites is 1. The van der Waals surface area contributed by atoms with Gasteiger partial charge in [-0.3, -0.25) is 14.2 Å². The van der Waals surface area contributed by atoms with Crippen LogP contribution < -0.4 is 10.9 Å². The van der Waals surface area contributed by atoms with E-state index in [0.29, 0.717) is 32.7 Å². The zero-order valence-electron chi connectivity index (χ0n) is 17.7. The Morgan fingerprint density at radius 1 is 1.06 bits per heavy atom. The minimum absolute atomic E-state index is 0.0986. The molecule has 7 heteroatoms. The minimum Gasteiger partial charge on any atom is -0.325 e. The molecule has 0 aliphatic rings. The molecule has 0 spiro atoms. The van der Waals surface area contributed by atoms with Crippen molar-refractivity contribution in [2.75, 3.05) is 11.1 Å². The highest BCUT2D eigenvalue weighted by atomic mass is 35.5. The maximum atomic E-state index is 13.3. The van der Waals surface area contributed by atoms with Gasteiger partial charge in [0.25, 0.3) is 5.56 Å². The molecule has 0 saturated carbocycles. The number of hydrogen-bond donors (Lipinski definition) is 1. The number of aromatic nitrogens is 2. The van der Waals surface area contributed by atoms with Crippen LogP contribution in [0.15, 0.2) is 82.7 Å². The molecular formula is C25H22ClN3O2S. The summed E-state index contributed by atoms with van der Waals surface area (Å²) >= 11 is 7.21. The summed E-state index contributed by atoms with van der Waals surface area (Å²) in [5, 5.41) is 4.37. The van der Waals surface area contributed by atoms with Crippen LogP contribution in [0, 0.1) is 0 Å². The molecule has 0 bridgehead atoms. The van der Waals surface area contributed by atoms with Crippen LogP contribution >= 0.6 is 23.4 Å². The Morgan fingerprint density at radius 3 is 2.53 bits per heavy atom. The van der Waals surface area contributed by atoms with Gasteiger partial charge in [0.2, 0.25) is 5.91 Å². The van der Waals surface area contributed by atoms with Crippen LogP contribution in [0.3, 0.4) is 0 Å². The average Bonchev–Trinajstić information content (AvgIpc) is 2.78. The van der Waals surface area contributed by atoms with Gasteiger partial charge < -0.3 is 5.32 Å². The first kappa shape index (κ1) is 22.1. The third-order valence-corrected chi connectivity index (χ3v) is 6.18. The minimum atomic E-state index is -0.207. The predicted octanol–water partition coefficient (Wildman–Crippen LogP) is 5.89. The zero-order chi connectivity index (χ0) is 22.7. The molecule has 1 heterocycles. The van der Waals surface area contributed by atoms with Gasteiger partial charge in [0.05, 0.1) is 22.3 Å². The number of carbonyl (C=O) groups excluding carboxylic acids is 1. The second-order valence-corrected chi connectivity index (χ2v) is 9.02. The van der Waals surface area contributed by atoms with E-state index < -0.39 is 0 Å². The third kappa shape index (κ3) is 4.87. The molecule has 162 valence electrons. The summed E-state index contributed by atoms with van der Waals surface area (Å²) in [5.41, 5.74) is 2.97. The molecule has 0 aliphatic carbocycles. The smallest absolute Gasteiger partial charge is 0.266 e. The molecule has 5 nitrogen and oxygen atoms in total. The second-order valence-electron chi connectivity index (χ2n) is 7.65. The molecule has 1 N–H and O–H groups in total. The maximum Gasteiger partial charge on any atom is 0.266 e. The molecule has 3 aromatic carbocycles. The number of nitrogens with one attached hydrogen (secondary N) is 1. The number of carbonyl (C=O) groups is 1. The first-order valence-electron chi connectivity index (χ1n) is 10.2. The lowest BCUT2D eigenvalue weighted by molar-refractivity contribution is -0.113. The molecule has 32 heavy (non-hydrogen) atoms. The standard InChI is InChI=1S/C25H22ClN3O2S/c1-16(2)17-10-12-20(13-11-17)29-24(31)21-8-3-4-9-22(21)28-25(29)32-15-23(30)27-19-7-5-6-18(26)14-19/h3-14,16H,15H2,1-2H3,(H,27,30). The van der Waals surface area contributed by atoms with Crippen molar-refractivity contribution >= 4 is 45.9 Å². The Morgan fingerprint density at radius 2 is 1.81 bits per heavy atom. The normalized spacial score (nSPS) is 11.1. The van der Waals surface area contributed by atoms with E-state index in [0.717, 1.165) is 5.69 Å². The van der Waals surface area contributed by atoms with E-state index in [1.165, 1.54) is 17.3 Å². The van der Waals surface area contributed by atoms with Crippen LogP contribution in [0.5, 0.6) is 0 Å². The highest BCUT2D eigenvalue weighted by Gasteiger charge is 2.15. The van der Waals surface area contributed by atoms with Crippen LogP contribution in [-0.4, -0.2) is 21.2 Å². The fourth-order valence-corrected chi connectivity index (χ4v) is 4.34. The van der Waals surface area contributed by atoms with E-state index in [1.807, 2.05) is 36.4 Å². The average molecular weight is 464 g/mol. The van der Waals surface area contributed by atoms with E-state index in [4.69, 9.17) is 11.6 Å². The largest absolute Gasteiger partial charge is 0.325 e. The lowest BCUT2D eigenvalue weighted by atomic mass is 10.0. The van der Waals surface area contributed by atoms with Crippen LogP contribution in [0.2, 0.25) is 5.02 Å². The van der Waals surface area contributed by atoms with Gasteiger partial charge in [-0.05, 0) is 53.9 Å². The zero-order valence-corrected chi connectivity index (χ0v) is 19.3. The predicted molar refractivity (Wildman–Crippen MR) is 132 cm³/mol. The summed E-state index contributed by atoms with van der Waals surface area (Å²) < 4.78 is 1.57. The lowest BCUT2D eigenvalue weighted by Crippen LogP contribution is -2.23. The SMILES string of the molecule is CC(C)c1ccc(-n2c(SCC(=O)Nc3cccc(Cl)c3)nc3ccccc3c2=O)cc1. The van der Waals surface area contributed by atoms with Gasteiger partial charge >= 0.3 is 0 Å². The fourth-order valence-electron chi connectivity index (χ4n) is 3.34. The molecule has 1 amide bonds. The number of hydrogen-bond acceptors (Lipinski definition) is 4. The monoisotopic (exact) mass is 463 g/mol. The molecular weight excluding hydrogens is 442 g/mol. The molecule has 0 radical (unpaired) electrons. The van der Waals surface area contributed by atoms with E-state index >= 15 is 0 Å². The topological polar surface area (TPSA) is 64.0 Å². The summed E-state index contributed by atoms with van der Waals surface area (Å²) in [6.07, 6.45) is 0. The van der Waals surface area contributed by atoms with Crippen LogP contribution in [0.1, 0.15) is 25.3 Å². The number of nitrogens with zero attached hydrogens (tertiary/aromatic N) is 2. The molecule has 4 aromatic rings. The summed E-state index contributed by atoms with van der Waals surface area (Å²) in [6, 6.07) is 22.1. The summed E-state index contributed by atoms with van der Waals surface area (Å²) in [4.78, 5) is 30.5. The lowest BCUT2D eigenvalue weighted by Gasteiger charge is -2.14. The van der Waals surface area contributed by atoms with Gasteiger partial charge in [0.15, 0.2) is 5.16 Å². The maximum absolute atomic E-state index is 13.3. The molecule has 0 unspecified atom stereocenters. The van der Waals surface area contributed by atoms with Gasteiger partial charge in [-0.1, -0.05) is 67.5 Å². The van der Waals surface area contributed by atoms with Crippen molar-refractivity contribution in [1.82, 2.24) is 9.55 Å². The van der Waals surface area contributed by atoms with Crippen molar-refractivity contribution in [3.05, 3.63) is 93.7 Å². The number of benzene rings is 3. The Labute approximate surface area is 195 Å². The highest BCUT2D eigenvalue weighted by molar-refractivity contribution is 7.99. The van der Waals surface area contributed by atoms with Crippen molar-refractivity contribution in [3.63, 3.8) is 0 Å². The number of fused-ring (bicyclic) bond motifs is 1. The number of halogens is 1. The first-order valence-corrected chi connectivity index (χ1v) is 11.6. The van der Waals surface area contributed by atoms with Gasteiger partial charge in [-0.25, -0.2) is 4.98 Å². The van der Waals surface area contributed by atoms with Crippen molar-refractivity contribution in [2.45, 2.75) is 24.9 Å². The molecule has 0 saturated heterocycles. The van der Waals surface area contributed by atoms with E-state index in [9.17, 15) is 9.59 Å². The van der Waals surface area contributed by atoms with Crippen LogP contribution in [0.25, 0.3) is 16.6 Å². The molecule has 0 fully saturated rings. The number of rotatable bonds is 6. The van der Waals surface area contributed by atoms with Crippen LogP contribution in [-0.2, 0) is 4.79 Å². The third-order valence-electron chi connectivity index (χ3n) is 5.00. The summed E-state index contributed by atoms with van der Waals surface area (Å²) in [5.74, 6) is 0.280. The van der Waals surface area contributed by atoms with Crippen LogP contribution in [0.4, 0.5) is 5.69 Å². The van der Waals surface area contributed by atoms with E-state index in [2.05, 4.69) is 24.1 Å². The fraction of sp³-hybridized carbons (Fsp3) is 0.160. The van der Waals surface area contributed by atoms with Crippen molar-refractivity contribution in [2.24, 2.45) is 0 Å². The van der Waals surface area contributed by atoms with Crippen molar-refractivity contribution in [1.29, 1.82) is 0 Å². The number of anilines is 1. The second kappa shape index (κ2) is 9.59. The van der Waals surface area contributed by atoms with Gasteiger partial charge in [-0.2, -0.15) is 0 Å². The number of thioether (sulfide) groups is 1. The Balaban J connectivity index is 1.67. The van der Waals surface area contributed by atoms with Gasteiger partial charge in [0, 0.05) is 10.7 Å². The van der Waals surface area contributed by atoms with Gasteiger partial charge in [0.1, 0.15) is 0 Å². The molecule has 4 rings (SSSR count). The summed E-state index contributed by atoms with van der Waals surface area (Å²) in [6.45, 7) is 4.25.